The Kier molecular flexibility index (Phi) is 4.27. The minimum absolute atomic E-state index is 0.114. The van der Waals surface area contributed by atoms with Crippen molar-refractivity contribution in [1.82, 2.24) is 4.90 Å². The quantitative estimate of drug-likeness (QED) is 0.901. The van der Waals surface area contributed by atoms with Gasteiger partial charge in [0, 0.05) is 5.56 Å². The van der Waals surface area contributed by atoms with Crippen LogP contribution in [0, 0.1) is 0 Å². The fourth-order valence-electron chi connectivity index (χ4n) is 3.47. The van der Waals surface area contributed by atoms with Crippen molar-refractivity contribution in [2.45, 2.75) is 51.2 Å². The van der Waals surface area contributed by atoms with Gasteiger partial charge in [-0.1, -0.05) is 31.9 Å². The number of hydrogen-bond acceptors (Lipinski definition) is 3. The molecule has 0 aromatic heterocycles. The van der Waals surface area contributed by atoms with Gasteiger partial charge in [0.1, 0.15) is 18.5 Å². The van der Waals surface area contributed by atoms with Gasteiger partial charge in [0.25, 0.3) is 0 Å². The van der Waals surface area contributed by atoms with Crippen LogP contribution in [-0.4, -0.2) is 35.8 Å². The lowest BCUT2D eigenvalue weighted by molar-refractivity contribution is 0.00105. The molecule has 3 heteroatoms. The summed E-state index contributed by atoms with van der Waals surface area (Å²) in [6, 6.07) is 6.55. The Bertz CT molecular complexity index is 452. The highest BCUT2D eigenvalue weighted by Gasteiger charge is 2.34. The lowest BCUT2D eigenvalue weighted by atomic mass is 9.94. The first kappa shape index (κ1) is 13.9. The van der Waals surface area contributed by atoms with Crippen molar-refractivity contribution < 1.29 is 9.84 Å². The van der Waals surface area contributed by atoms with Gasteiger partial charge in [0.05, 0.1) is 6.04 Å². The van der Waals surface area contributed by atoms with Crippen LogP contribution < -0.4 is 4.74 Å². The zero-order valence-corrected chi connectivity index (χ0v) is 12.3. The molecule has 0 bridgehead atoms. The Balaban J connectivity index is 1.93. The predicted octanol–water partition coefficient (Wildman–Crippen LogP) is 2.92. The summed E-state index contributed by atoms with van der Waals surface area (Å²) in [6.45, 7) is 4.78. The molecule has 1 aromatic rings. The van der Waals surface area contributed by atoms with E-state index in [9.17, 15) is 5.11 Å². The molecule has 0 aliphatic carbocycles. The first-order valence-electron chi connectivity index (χ1n) is 7.97. The van der Waals surface area contributed by atoms with E-state index in [2.05, 4.69) is 30.0 Å². The topological polar surface area (TPSA) is 32.7 Å². The van der Waals surface area contributed by atoms with Crippen LogP contribution >= 0.6 is 0 Å². The second kappa shape index (κ2) is 6.15. The Hall–Kier alpha value is -1.06. The molecule has 2 aliphatic heterocycles. The molecule has 2 unspecified atom stereocenters. The third kappa shape index (κ3) is 2.70. The summed E-state index contributed by atoms with van der Waals surface area (Å²) in [5, 5.41) is 10.5. The second-order valence-electron chi connectivity index (χ2n) is 6.00. The largest absolute Gasteiger partial charge is 0.490 e. The minimum atomic E-state index is -0.410. The highest BCUT2D eigenvalue weighted by Crippen LogP contribution is 2.37. The average molecular weight is 275 g/mol. The van der Waals surface area contributed by atoms with Crippen molar-refractivity contribution in [3.05, 3.63) is 29.3 Å². The third-order valence-electron chi connectivity index (χ3n) is 4.61. The third-order valence-corrected chi connectivity index (χ3v) is 4.61. The number of ether oxygens (including phenoxy) is 1. The van der Waals surface area contributed by atoms with Crippen molar-refractivity contribution in [3.63, 3.8) is 0 Å². The predicted molar refractivity (Wildman–Crippen MR) is 80.1 cm³/mol. The fourth-order valence-corrected chi connectivity index (χ4v) is 3.47. The van der Waals surface area contributed by atoms with E-state index in [1.165, 1.54) is 36.8 Å². The number of aryl methyl sites for hydroxylation is 1. The van der Waals surface area contributed by atoms with Crippen LogP contribution in [0.2, 0.25) is 0 Å². The van der Waals surface area contributed by atoms with Crippen molar-refractivity contribution in [3.8, 4) is 5.75 Å². The maximum atomic E-state index is 10.5. The van der Waals surface area contributed by atoms with Crippen molar-refractivity contribution in [2.24, 2.45) is 0 Å². The maximum absolute atomic E-state index is 10.5. The lowest BCUT2D eigenvalue weighted by Crippen LogP contribution is -2.42. The zero-order chi connectivity index (χ0) is 13.9. The Morgan fingerprint density at radius 2 is 1.95 bits per heavy atom. The van der Waals surface area contributed by atoms with Gasteiger partial charge in [0.2, 0.25) is 0 Å². The molecular formula is C17H25NO2. The summed E-state index contributed by atoms with van der Waals surface area (Å²) in [6.07, 6.45) is 5.73. The number of fused-ring (bicyclic) bond motifs is 1. The molecule has 3 rings (SSSR count). The van der Waals surface area contributed by atoms with Crippen LogP contribution in [0.25, 0.3) is 0 Å². The van der Waals surface area contributed by atoms with Gasteiger partial charge in [-0.3, -0.25) is 4.90 Å². The molecule has 2 atom stereocenters. The molecule has 1 N–H and O–H groups in total. The molecule has 1 saturated heterocycles. The van der Waals surface area contributed by atoms with E-state index in [1.54, 1.807) is 0 Å². The SMILES string of the molecule is CCc1ccc2c(c1)C(N1CCCCCC1)C(O)CO2. The van der Waals surface area contributed by atoms with Gasteiger partial charge >= 0.3 is 0 Å². The molecule has 0 spiro atoms. The number of benzene rings is 1. The molecule has 20 heavy (non-hydrogen) atoms. The highest BCUT2D eigenvalue weighted by molar-refractivity contribution is 5.41. The number of hydrogen-bond donors (Lipinski definition) is 1. The lowest BCUT2D eigenvalue weighted by Gasteiger charge is -2.38. The van der Waals surface area contributed by atoms with E-state index < -0.39 is 6.10 Å². The van der Waals surface area contributed by atoms with E-state index in [0.29, 0.717) is 6.61 Å². The summed E-state index contributed by atoms with van der Waals surface area (Å²) in [7, 11) is 0. The van der Waals surface area contributed by atoms with Crippen molar-refractivity contribution in [2.75, 3.05) is 19.7 Å². The fraction of sp³-hybridized carbons (Fsp3) is 0.647. The van der Waals surface area contributed by atoms with E-state index in [1.807, 2.05) is 0 Å². The number of rotatable bonds is 2. The van der Waals surface area contributed by atoms with Crippen LogP contribution in [-0.2, 0) is 6.42 Å². The van der Waals surface area contributed by atoms with E-state index >= 15 is 0 Å². The van der Waals surface area contributed by atoms with Gasteiger partial charge in [-0.2, -0.15) is 0 Å². The average Bonchev–Trinajstić information content (AvgIpc) is 2.75. The summed E-state index contributed by atoms with van der Waals surface area (Å²) in [5.41, 5.74) is 2.51. The van der Waals surface area contributed by atoms with Crippen molar-refractivity contribution in [1.29, 1.82) is 0 Å². The van der Waals surface area contributed by atoms with Crippen LogP contribution in [0.3, 0.4) is 0 Å². The maximum Gasteiger partial charge on any atom is 0.124 e. The molecule has 110 valence electrons. The molecule has 1 fully saturated rings. The Morgan fingerprint density at radius 3 is 2.65 bits per heavy atom. The molecule has 0 saturated carbocycles. The van der Waals surface area contributed by atoms with E-state index in [0.717, 1.165) is 25.3 Å². The Labute approximate surface area is 121 Å². The minimum Gasteiger partial charge on any atom is -0.490 e. The summed E-state index contributed by atoms with van der Waals surface area (Å²) in [4.78, 5) is 2.47. The van der Waals surface area contributed by atoms with Crippen LogP contribution in [0.1, 0.15) is 49.8 Å². The number of aliphatic hydroxyl groups excluding tert-OH is 1. The van der Waals surface area contributed by atoms with Gasteiger partial charge in [-0.15, -0.1) is 0 Å². The normalized spacial score (nSPS) is 27.5. The van der Waals surface area contributed by atoms with E-state index in [-0.39, 0.29) is 6.04 Å². The van der Waals surface area contributed by atoms with Gasteiger partial charge in [-0.05, 0) is 44.0 Å². The summed E-state index contributed by atoms with van der Waals surface area (Å²) < 4.78 is 5.71. The first-order chi connectivity index (χ1) is 9.79. The van der Waals surface area contributed by atoms with Crippen LogP contribution in [0.4, 0.5) is 0 Å². The molecule has 0 radical (unpaired) electrons. The molecule has 2 aliphatic rings. The summed E-state index contributed by atoms with van der Waals surface area (Å²) in [5.74, 6) is 0.960. The number of nitrogens with zero attached hydrogens (tertiary/aromatic N) is 1. The smallest absolute Gasteiger partial charge is 0.124 e. The molecular weight excluding hydrogens is 250 g/mol. The van der Waals surface area contributed by atoms with Crippen LogP contribution in [0.5, 0.6) is 5.75 Å². The van der Waals surface area contributed by atoms with Gasteiger partial charge in [0.15, 0.2) is 0 Å². The molecule has 0 amide bonds. The Morgan fingerprint density at radius 1 is 1.20 bits per heavy atom. The van der Waals surface area contributed by atoms with E-state index in [4.69, 9.17) is 4.74 Å². The zero-order valence-electron chi connectivity index (χ0n) is 12.3. The highest BCUT2D eigenvalue weighted by atomic mass is 16.5. The first-order valence-corrected chi connectivity index (χ1v) is 7.97. The summed E-state index contributed by atoms with van der Waals surface area (Å²) >= 11 is 0. The van der Waals surface area contributed by atoms with Gasteiger partial charge in [-0.25, -0.2) is 0 Å². The van der Waals surface area contributed by atoms with Gasteiger partial charge < -0.3 is 9.84 Å². The number of aliphatic hydroxyl groups is 1. The standard InChI is InChI=1S/C17H25NO2/c1-2-13-7-8-16-14(11-13)17(15(19)12-20-16)18-9-5-3-4-6-10-18/h7-8,11,15,17,19H,2-6,9-10,12H2,1H3. The van der Waals surface area contributed by atoms with Crippen LogP contribution in [0.15, 0.2) is 18.2 Å². The monoisotopic (exact) mass is 275 g/mol. The molecule has 3 nitrogen and oxygen atoms in total. The molecule has 2 heterocycles. The molecule has 1 aromatic carbocycles. The number of likely N-dealkylation sites (tertiary alicyclic amines) is 1. The van der Waals surface area contributed by atoms with Crippen molar-refractivity contribution >= 4 is 0 Å². The second-order valence-corrected chi connectivity index (χ2v) is 6.00.